The topological polar surface area (TPSA) is 92.2 Å². The zero-order chi connectivity index (χ0) is 18.1. The molecule has 2 N–H and O–H groups in total. The quantitative estimate of drug-likeness (QED) is 0.581. The molecule has 0 aliphatic rings. The highest BCUT2D eigenvalue weighted by molar-refractivity contribution is 7.14. The van der Waals surface area contributed by atoms with Crippen molar-refractivity contribution in [2.24, 2.45) is 0 Å². The van der Waals surface area contributed by atoms with Crippen molar-refractivity contribution >= 4 is 22.2 Å². The van der Waals surface area contributed by atoms with Crippen molar-refractivity contribution in [1.29, 1.82) is 0 Å². The minimum absolute atomic E-state index is 0.0654. The number of amides is 1. The third kappa shape index (κ3) is 3.02. The fourth-order valence-corrected chi connectivity index (χ4v) is 3.26. The van der Waals surface area contributed by atoms with Gasteiger partial charge < -0.3 is 10.3 Å². The van der Waals surface area contributed by atoms with Gasteiger partial charge in [-0.25, -0.2) is 9.50 Å². The van der Waals surface area contributed by atoms with E-state index in [0.29, 0.717) is 11.4 Å². The molecule has 0 saturated heterocycles. The summed E-state index contributed by atoms with van der Waals surface area (Å²) >= 11 is 1.42. The van der Waals surface area contributed by atoms with E-state index in [9.17, 15) is 9.59 Å². The Kier molecular flexibility index (Phi) is 4.10. The zero-order valence-corrected chi connectivity index (χ0v) is 14.7. The molecule has 1 atom stereocenters. The number of nitrogens with one attached hydrogen (secondary N) is 2. The van der Waals surface area contributed by atoms with Crippen molar-refractivity contribution in [1.82, 2.24) is 24.9 Å². The third-order valence-electron chi connectivity index (χ3n) is 4.04. The molecule has 1 amide bonds. The average Bonchev–Trinajstić information content (AvgIpc) is 3.24. The van der Waals surface area contributed by atoms with E-state index in [2.05, 4.69) is 20.4 Å². The Hall–Kier alpha value is -3.26. The molecule has 0 bridgehead atoms. The van der Waals surface area contributed by atoms with E-state index in [1.807, 2.05) is 37.3 Å². The van der Waals surface area contributed by atoms with E-state index < -0.39 is 11.5 Å². The van der Waals surface area contributed by atoms with Crippen LogP contribution in [0.2, 0.25) is 0 Å². The highest BCUT2D eigenvalue weighted by atomic mass is 32.1. The fourth-order valence-electron chi connectivity index (χ4n) is 2.65. The molecule has 0 aliphatic carbocycles. The van der Waals surface area contributed by atoms with Crippen LogP contribution in [-0.2, 0) is 0 Å². The SMILES string of the molecule is C[C@@H](NC(=O)c1ccc(-c2ccccc2)[nH]c1=O)c1cn2ncsc2n1. The van der Waals surface area contributed by atoms with Gasteiger partial charge in [-0.3, -0.25) is 9.59 Å². The lowest BCUT2D eigenvalue weighted by Gasteiger charge is -2.11. The lowest BCUT2D eigenvalue weighted by atomic mass is 10.1. The van der Waals surface area contributed by atoms with Crippen LogP contribution in [0.15, 0.2) is 59.0 Å². The van der Waals surface area contributed by atoms with Crippen molar-refractivity contribution in [2.75, 3.05) is 0 Å². The molecule has 7 nitrogen and oxygen atoms in total. The Labute approximate surface area is 152 Å². The van der Waals surface area contributed by atoms with Gasteiger partial charge in [0.25, 0.3) is 11.5 Å². The van der Waals surface area contributed by atoms with Crippen LogP contribution in [0.25, 0.3) is 16.2 Å². The van der Waals surface area contributed by atoms with Gasteiger partial charge in [0.15, 0.2) is 0 Å². The molecule has 0 spiro atoms. The molecule has 130 valence electrons. The lowest BCUT2D eigenvalue weighted by Crippen LogP contribution is -2.31. The van der Waals surface area contributed by atoms with Crippen LogP contribution in [0.4, 0.5) is 0 Å². The average molecular weight is 365 g/mol. The Bertz CT molecular complexity index is 1100. The van der Waals surface area contributed by atoms with Crippen LogP contribution < -0.4 is 10.9 Å². The number of carbonyl (C=O) groups is 1. The molecule has 1 aromatic carbocycles. The Morgan fingerprint density at radius 1 is 1.23 bits per heavy atom. The lowest BCUT2D eigenvalue weighted by molar-refractivity contribution is 0.0937. The molecule has 0 aliphatic heterocycles. The second-order valence-electron chi connectivity index (χ2n) is 5.81. The highest BCUT2D eigenvalue weighted by Crippen LogP contribution is 2.17. The van der Waals surface area contributed by atoms with Gasteiger partial charge in [-0.15, -0.1) is 0 Å². The van der Waals surface area contributed by atoms with Crippen LogP contribution in [0.5, 0.6) is 0 Å². The summed E-state index contributed by atoms with van der Waals surface area (Å²) in [4.78, 5) is 32.7. The van der Waals surface area contributed by atoms with Gasteiger partial charge in [-0.05, 0) is 24.6 Å². The minimum atomic E-state index is -0.442. The second-order valence-corrected chi connectivity index (χ2v) is 6.62. The Balaban J connectivity index is 1.54. The molecule has 8 heteroatoms. The predicted molar refractivity (Wildman–Crippen MR) is 99.2 cm³/mol. The van der Waals surface area contributed by atoms with Gasteiger partial charge in [0.2, 0.25) is 4.96 Å². The van der Waals surface area contributed by atoms with E-state index in [-0.39, 0.29) is 11.6 Å². The maximum absolute atomic E-state index is 12.5. The molecule has 4 rings (SSSR count). The third-order valence-corrected chi connectivity index (χ3v) is 4.72. The Morgan fingerprint density at radius 3 is 2.77 bits per heavy atom. The monoisotopic (exact) mass is 365 g/mol. The van der Waals surface area contributed by atoms with E-state index >= 15 is 0 Å². The number of H-pyrrole nitrogens is 1. The fraction of sp³-hybridized carbons (Fsp3) is 0.111. The first-order chi connectivity index (χ1) is 12.6. The number of benzene rings is 1. The number of hydrogen-bond donors (Lipinski definition) is 2. The number of aromatic amines is 1. The second kappa shape index (κ2) is 6.57. The number of fused-ring (bicyclic) bond motifs is 1. The first kappa shape index (κ1) is 16.2. The standard InChI is InChI=1S/C18H15N5O2S/c1-11(15-9-23-18(22-15)26-10-19-23)20-16(24)13-7-8-14(21-17(13)25)12-5-3-2-4-6-12/h2-11H,1H3,(H,20,24)(H,21,25)/t11-/m1/s1. The smallest absolute Gasteiger partial charge is 0.261 e. The first-order valence-electron chi connectivity index (χ1n) is 8.00. The van der Waals surface area contributed by atoms with Crippen molar-refractivity contribution in [3.8, 4) is 11.3 Å². The van der Waals surface area contributed by atoms with Gasteiger partial charge in [-0.1, -0.05) is 41.7 Å². The van der Waals surface area contributed by atoms with E-state index in [4.69, 9.17) is 0 Å². The van der Waals surface area contributed by atoms with Crippen LogP contribution >= 0.6 is 11.3 Å². The van der Waals surface area contributed by atoms with Crippen molar-refractivity contribution in [3.05, 3.63) is 75.8 Å². The van der Waals surface area contributed by atoms with Crippen molar-refractivity contribution in [3.63, 3.8) is 0 Å². The van der Waals surface area contributed by atoms with E-state index in [1.54, 1.807) is 22.3 Å². The number of imidazole rings is 1. The summed E-state index contributed by atoms with van der Waals surface area (Å²) in [5.74, 6) is -0.442. The maximum atomic E-state index is 12.5. The molecule has 0 saturated carbocycles. The number of hydrogen-bond acceptors (Lipinski definition) is 5. The summed E-state index contributed by atoms with van der Waals surface area (Å²) in [7, 11) is 0. The molecular weight excluding hydrogens is 350 g/mol. The summed E-state index contributed by atoms with van der Waals surface area (Å²) in [5, 5.41) is 6.92. The summed E-state index contributed by atoms with van der Waals surface area (Å²) in [5.41, 5.74) is 3.58. The van der Waals surface area contributed by atoms with Gasteiger partial charge in [0, 0.05) is 5.69 Å². The van der Waals surface area contributed by atoms with Crippen LogP contribution in [-0.4, -0.2) is 25.5 Å². The van der Waals surface area contributed by atoms with Gasteiger partial charge >= 0.3 is 0 Å². The summed E-state index contributed by atoms with van der Waals surface area (Å²) in [6.45, 7) is 1.82. The first-order valence-corrected chi connectivity index (χ1v) is 8.88. The maximum Gasteiger partial charge on any atom is 0.261 e. The van der Waals surface area contributed by atoms with Crippen LogP contribution in [0.1, 0.15) is 29.0 Å². The molecule has 0 fully saturated rings. The molecule has 0 unspecified atom stereocenters. The largest absolute Gasteiger partial charge is 0.344 e. The van der Waals surface area contributed by atoms with Gasteiger partial charge in [0.1, 0.15) is 11.1 Å². The summed E-state index contributed by atoms with van der Waals surface area (Å²) in [6, 6.07) is 12.4. The number of aromatic nitrogens is 4. The van der Waals surface area contributed by atoms with Crippen LogP contribution in [0, 0.1) is 0 Å². The Morgan fingerprint density at radius 2 is 2.04 bits per heavy atom. The van der Waals surface area contributed by atoms with Crippen LogP contribution in [0.3, 0.4) is 0 Å². The highest BCUT2D eigenvalue weighted by Gasteiger charge is 2.17. The molecule has 3 aromatic heterocycles. The molecule has 0 radical (unpaired) electrons. The summed E-state index contributed by atoms with van der Waals surface area (Å²) < 4.78 is 1.66. The van der Waals surface area contributed by atoms with Gasteiger partial charge in [0.05, 0.1) is 17.9 Å². The van der Waals surface area contributed by atoms with Crippen molar-refractivity contribution < 1.29 is 4.79 Å². The zero-order valence-electron chi connectivity index (χ0n) is 13.8. The normalized spacial score (nSPS) is 12.2. The van der Waals surface area contributed by atoms with E-state index in [1.165, 1.54) is 17.4 Å². The molecule has 3 heterocycles. The minimum Gasteiger partial charge on any atom is -0.344 e. The van der Waals surface area contributed by atoms with Crippen molar-refractivity contribution in [2.45, 2.75) is 13.0 Å². The summed E-state index contributed by atoms with van der Waals surface area (Å²) in [6.07, 6.45) is 1.76. The van der Waals surface area contributed by atoms with Gasteiger partial charge in [-0.2, -0.15) is 5.10 Å². The number of pyridine rings is 1. The van der Waals surface area contributed by atoms with E-state index in [0.717, 1.165) is 10.5 Å². The predicted octanol–water partition coefficient (Wildman–Crippen LogP) is 2.64. The number of nitrogens with zero attached hydrogens (tertiary/aromatic N) is 3. The molecule has 4 aromatic rings. The molecular formula is C18H15N5O2S. The molecule has 26 heavy (non-hydrogen) atoms. The number of carbonyl (C=O) groups excluding carboxylic acids is 1. The number of rotatable bonds is 4.